The number of allylic oxidation sites excluding steroid dienone is 1. The van der Waals surface area contributed by atoms with Crippen molar-refractivity contribution in [1.29, 1.82) is 0 Å². The number of pyridine rings is 1. The van der Waals surface area contributed by atoms with Crippen LogP contribution in [0.25, 0.3) is 11.3 Å². The molecule has 2 heterocycles. The van der Waals surface area contributed by atoms with Gasteiger partial charge in [0.05, 0.1) is 6.26 Å². The van der Waals surface area contributed by atoms with E-state index in [0.717, 1.165) is 16.9 Å². The lowest BCUT2D eigenvalue weighted by atomic mass is 10.1. The first kappa shape index (κ1) is 13.1. The summed E-state index contributed by atoms with van der Waals surface area (Å²) >= 11 is 0. The maximum Gasteiger partial charge on any atom is 0.220 e. The second-order valence-electron chi connectivity index (χ2n) is 4.16. The van der Waals surface area contributed by atoms with Crippen LogP contribution in [0.5, 0.6) is 0 Å². The average molecular weight is 256 g/mol. The number of nitrogens with zero attached hydrogens (tertiary/aromatic N) is 1. The molecular weight excluding hydrogens is 240 g/mol. The molecule has 0 spiro atoms. The topological polar surface area (TPSA) is 55.1 Å². The van der Waals surface area contributed by atoms with Crippen LogP contribution < -0.4 is 5.32 Å². The lowest BCUT2D eigenvalue weighted by Crippen LogP contribution is -2.22. The van der Waals surface area contributed by atoms with Crippen molar-refractivity contribution in [2.24, 2.45) is 0 Å². The molecule has 19 heavy (non-hydrogen) atoms. The highest BCUT2D eigenvalue weighted by Gasteiger charge is 2.04. The van der Waals surface area contributed by atoms with E-state index in [1.807, 2.05) is 18.2 Å². The summed E-state index contributed by atoms with van der Waals surface area (Å²) < 4.78 is 5.31. The minimum Gasteiger partial charge on any atom is -0.464 e. The van der Waals surface area contributed by atoms with Gasteiger partial charge in [0.2, 0.25) is 5.91 Å². The number of carbonyl (C=O) groups is 1. The number of nitrogens with one attached hydrogen (secondary N) is 1. The first-order valence-corrected chi connectivity index (χ1v) is 6.15. The van der Waals surface area contributed by atoms with Crippen LogP contribution in [-0.2, 0) is 11.3 Å². The van der Waals surface area contributed by atoms with Crippen molar-refractivity contribution in [1.82, 2.24) is 10.3 Å². The van der Waals surface area contributed by atoms with E-state index in [-0.39, 0.29) is 5.91 Å². The van der Waals surface area contributed by atoms with Crippen molar-refractivity contribution in [3.05, 3.63) is 55.1 Å². The van der Waals surface area contributed by atoms with Gasteiger partial charge in [-0.2, -0.15) is 0 Å². The zero-order valence-corrected chi connectivity index (χ0v) is 10.6. The van der Waals surface area contributed by atoms with E-state index >= 15 is 0 Å². The molecule has 1 N–H and O–H groups in total. The molecule has 2 aromatic heterocycles. The molecule has 2 aromatic rings. The van der Waals surface area contributed by atoms with E-state index in [0.29, 0.717) is 19.4 Å². The Balaban J connectivity index is 1.96. The summed E-state index contributed by atoms with van der Waals surface area (Å²) in [5, 5.41) is 2.85. The number of rotatable bonds is 6. The molecule has 0 bridgehead atoms. The van der Waals surface area contributed by atoms with Crippen molar-refractivity contribution in [3.8, 4) is 11.3 Å². The van der Waals surface area contributed by atoms with E-state index < -0.39 is 0 Å². The quantitative estimate of drug-likeness (QED) is 0.808. The van der Waals surface area contributed by atoms with Crippen LogP contribution in [0.2, 0.25) is 0 Å². The lowest BCUT2D eigenvalue weighted by Gasteiger charge is -2.05. The number of aromatic nitrogens is 1. The summed E-state index contributed by atoms with van der Waals surface area (Å²) in [7, 11) is 0. The number of furan rings is 1. The summed E-state index contributed by atoms with van der Waals surface area (Å²) in [5.41, 5.74) is 1.85. The van der Waals surface area contributed by atoms with Gasteiger partial charge in [0, 0.05) is 30.9 Å². The second-order valence-corrected chi connectivity index (χ2v) is 4.16. The molecule has 2 rings (SSSR count). The van der Waals surface area contributed by atoms with Gasteiger partial charge >= 0.3 is 0 Å². The fourth-order valence-electron chi connectivity index (χ4n) is 1.68. The van der Waals surface area contributed by atoms with E-state index in [1.54, 1.807) is 24.7 Å². The van der Waals surface area contributed by atoms with Crippen molar-refractivity contribution >= 4 is 5.91 Å². The standard InChI is InChI=1S/C15H16N2O2/c1-2-3-6-15(18)17-10-12-8-13(11-16-9-12)14-5-4-7-19-14/h2,4-5,7-9,11H,1,3,6,10H2,(H,17,18). The van der Waals surface area contributed by atoms with Gasteiger partial charge in [0.15, 0.2) is 0 Å². The van der Waals surface area contributed by atoms with Crippen LogP contribution in [0.3, 0.4) is 0 Å². The van der Waals surface area contributed by atoms with Gasteiger partial charge in [-0.1, -0.05) is 6.08 Å². The highest BCUT2D eigenvalue weighted by Crippen LogP contribution is 2.19. The van der Waals surface area contributed by atoms with Crippen molar-refractivity contribution in [3.63, 3.8) is 0 Å². The van der Waals surface area contributed by atoms with Crippen molar-refractivity contribution in [2.75, 3.05) is 0 Å². The largest absolute Gasteiger partial charge is 0.464 e. The molecule has 1 amide bonds. The second kappa shape index (κ2) is 6.54. The van der Waals surface area contributed by atoms with E-state index in [4.69, 9.17) is 4.42 Å². The van der Waals surface area contributed by atoms with Crippen LogP contribution in [0, 0.1) is 0 Å². The predicted molar refractivity (Wildman–Crippen MR) is 73.2 cm³/mol. The highest BCUT2D eigenvalue weighted by atomic mass is 16.3. The van der Waals surface area contributed by atoms with Crippen LogP contribution in [0.4, 0.5) is 0 Å². The van der Waals surface area contributed by atoms with Gasteiger partial charge in [-0.3, -0.25) is 9.78 Å². The monoisotopic (exact) mass is 256 g/mol. The molecule has 98 valence electrons. The molecule has 0 radical (unpaired) electrons. The van der Waals surface area contributed by atoms with Gasteiger partial charge in [-0.15, -0.1) is 6.58 Å². The summed E-state index contributed by atoms with van der Waals surface area (Å²) in [6, 6.07) is 5.67. The first-order chi connectivity index (χ1) is 9.29. The summed E-state index contributed by atoms with van der Waals surface area (Å²) in [5.74, 6) is 0.788. The third-order valence-corrected chi connectivity index (χ3v) is 2.67. The summed E-state index contributed by atoms with van der Waals surface area (Å²) in [6.07, 6.45) is 7.99. The van der Waals surface area contributed by atoms with Crippen LogP contribution in [0.1, 0.15) is 18.4 Å². The molecule has 0 saturated carbocycles. The fourth-order valence-corrected chi connectivity index (χ4v) is 1.68. The maximum atomic E-state index is 11.5. The molecule has 0 aromatic carbocycles. The molecule has 0 atom stereocenters. The Labute approximate surface area is 112 Å². The zero-order valence-electron chi connectivity index (χ0n) is 10.6. The third kappa shape index (κ3) is 3.81. The van der Waals surface area contributed by atoms with Crippen LogP contribution in [-0.4, -0.2) is 10.9 Å². The normalized spacial score (nSPS) is 10.1. The summed E-state index contributed by atoms with van der Waals surface area (Å²) in [4.78, 5) is 15.6. The Kier molecular flexibility index (Phi) is 4.50. The van der Waals surface area contributed by atoms with E-state index in [1.165, 1.54) is 0 Å². The number of hydrogen-bond acceptors (Lipinski definition) is 3. The SMILES string of the molecule is C=CCCC(=O)NCc1cncc(-c2ccco2)c1. The first-order valence-electron chi connectivity index (χ1n) is 6.15. The molecule has 0 saturated heterocycles. The Morgan fingerprint density at radius 3 is 3.11 bits per heavy atom. The third-order valence-electron chi connectivity index (χ3n) is 2.67. The Morgan fingerprint density at radius 2 is 2.37 bits per heavy atom. The number of amides is 1. The number of carbonyl (C=O) groups excluding carboxylic acids is 1. The van der Waals surface area contributed by atoms with E-state index in [2.05, 4.69) is 16.9 Å². The van der Waals surface area contributed by atoms with Gasteiger partial charge in [-0.05, 0) is 30.2 Å². The van der Waals surface area contributed by atoms with Crippen LogP contribution >= 0.6 is 0 Å². The molecule has 0 unspecified atom stereocenters. The minimum atomic E-state index is 0.0169. The van der Waals surface area contributed by atoms with Gasteiger partial charge in [0.1, 0.15) is 5.76 Å². The smallest absolute Gasteiger partial charge is 0.220 e. The highest BCUT2D eigenvalue weighted by molar-refractivity contribution is 5.76. The molecule has 4 heteroatoms. The molecule has 0 aliphatic rings. The minimum absolute atomic E-state index is 0.0169. The Bertz CT molecular complexity index is 547. The number of hydrogen-bond donors (Lipinski definition) is 1. The van der Waals surface area contributed by atoms with Gasteiger partial charge in [-0.25, -0.2) is 0 Å². The maximum absolute atomic E-state index is 11.5. The van der Waals surface area contributed by atoms with Gasteiger partial charge < -0.3 is 9.73 Å². The Hall–Kier alpha value is -2.36. The molecule has 0 fully saturated rings. The molecule has 0 aliphatic carbocycles. The molecule has 0 aliphatic heterocycles. The van der Waals surface area contributed by atoms with Crippen molar-refractivity contribution < 1.29 is 9.21 Å². The lowest BCUT2D eigenvalue weighted by molar-refractivity contribution is -0.121. The van der Waals surface area contributed by atoms with Crippen LogP contribution in [0.15, 0.2) is 53.9 Å². The summed E-state index contributed by atoms with van der Waals surface area (Å²) in [6.45, 7) is 4.06. The zero-order chi connectivity index (χ0) is 13.5. The average Bonchev–Trinajstić information content (AvgIpc) is 2.97. The van der Waals surface area contributed by atoms with Gasteiger partial charge in [0.25, 0.3) is 0 Å². The van der Waals surface area contributed by atoms with Crippen molar-refractivity contribution in [2.45, 2.75) is 19.4 Å². The fraction of sp³-hybridized carbons (Fsp3) is 0.200. The van der Waals surface area contributed by atoms with E-state index in [9.17, 15) is 4.79 Å². The molecular formula is C15H16N2O2. The predicted octanol–water partition coefficient (Wildman–Crippen LogP) is 2.92. The molecule has 4 nitrogen and oxygen atoms in total. The Morgan fingerprint density at radius 1 is 1.47 bits per heavy atom.